The van der Waals surface area contributed by atoms with Crippen molar-refractivity contribution in [2.45, 2.75) is 18.5 Å². The van der Waals surface area contributed by atoms with E-state index in [1.807, 2.05) is 6.08 Å². The van der Waals surface area contributed by atoms with Crippen molar-refractivity contribution in [2.75, 3.05) is 0 Å². The summed E-state index contributed by atoms with van der Waals surface area (Å²) in [5.74, 6) is 0. The third-order valence-corrected chi connectivity index (χ3v) is 1.89. The second-order valence-electron chi connectivity index (χ2n) is 2.36. The predicted octanol–water partition coefficient (Wildman–Crippen LogP) is 0.0964. The van der Waals surface area contributed by atoms with Gasteiger partial charge in [-0.05, 0) is 12.5 Å². The van der Waals surface area contributed by atoms with Gasteiger partial charge in [0, 0.05) is 6.04 Å². The van der Waals surface area contributed by atoms with E-state index in [4.69, 9.17) is 11.1 Å². The molecule has 0 fully saturated rings. The van der Waals surface area contributed by atoms with Crippen LogP contribution in [0.2, 0.25) is 0 Å². The average Bonchev–Trinajstić information content (AvgIpc) is 1.88. The Balaban J connectivity index is 2.68. The maximum atomic E-state index is 7.40. The molecule has 3 nitrogen and oxygen atoms in total. The topological polar surface area (TPSA) is 61.9 Å². The van der Waals surface area contributed by atoms with E-state index in [-0.39, 0.29) is 12.1 Å². The summed E-state index contributed by atoms with van der Waals surface area (Å²) in [6.45, 7) is 0. The van der Waals surface area contributed by atoms with Crippen molar-refractivity contribution >= 4 is 18.5 Å². The van der Waals surface area contributed by atoms with E-state index in [9.17, 15) is 0 Å². The van der Waals surface area contributed by atoms with Crippen LogP contribution in [0.25, 0.3) is 0 Å². The molecular weight excluding hydrogens is 146 g/mol. The zero-order valence-corrected chi connectivity index (χ0v) is 6.44. The highest BCUT2D eigenvalue weighted by molar-refractivity contribution is 7.78. The van der Waals surface area contributed by atoms with E-state index in [0.717, 1.165) is 6.42 Å². The summed E-state index contributed by atoms with van der Waals surface area (Å²) in [5, 5.41) is 7.40. The Morgan fingerprint density at radius 3 is 2.90 bits per heavy atom. The smallest absolute Gasteiger partial charge is 0.0737 e. The second-order valence-corrected chi connectivity index (χ2v) is 2.62. The third kappa shape index (κ3) is 1.39. The molecule has 0 bridgehead atoms. The Hall–Kier alpha value is -0.320. The average molecular weight is 157 g/mol. The van der Waals surface area contributed by atoms with Gasteiger partial charge < -0.3 is 11.1 Å². The van der Waals surface area contributed by atoms with Crippen LogP contribution in [-0.4, -0.2) is 17.8 Å². The lowest BCUT2D eigenvalue weighted by atomic mass is 9.96. The Morgan fingerprint density at radius 1 is 1.80 bits per heavy atom. The molecular formula is C6H11N3S. The molecule has 0 heterocycles. The molecule has 1 aliphatic rings. The zero-order valence-electron chi connectivity index (χ0n) is 5.54. The van der Waals surface area contributed by atoms with Gasteiger partial charge in [-0.3, -0.25) is 4.72 Å². The van der Waals surface area contributed by atoms with Gasteiger partial charge in [-0.2, -0.15) is 0 Å². The van der Waals surface area contributed by atoms with Crippen LogP contribution in [0.3, 0.4) is 0 Å². The highest BCUT2D eigenvalue weighted by Gasteiger charge is 2.21. The standard InChI is InChI=1S/C6H11N3S/c7-4-2-1-3-5(8)6(4)9-10/h1-2,5-7,9-10H,3,8H2/t5?,6-/m0/s1. The fourth-order valence-corrected chi connectivity index (χ4v) is 1.32. The molecule has 0 amide bonds. The van der Waals surface area contributed by atoms with Crippen molar-refractivity contribution in [1.82, 2.24) is 4.72 Å². The number of nitrogens with two attached hydrogens (primary N) is 1. The minimum atomic E-state index is -0.0895. The molecule has 0 aliphatic heterocycles. The molecule has 2 atom stereocenters. The summed E-state index contributed by atoms with van der Waals surface area (Å²) in [5.41, 5.74) is 6.18. The Labute approximate surface area is 65.7 Å². The van der Waals surface area contributed by atoms with Crippen molar-refractivity contribution in [2.24, 2.45) is 5.73 Å². The van der Waals surface area contributed by atoms with Crippen molar-refractivity contribution in [1.29, 1.82) is 5.41 Å². The zero-order chi connectivity index (χ0) is 7.56. The SMILES string of the molecule is N=C1C=CCC(N)[C@H]1NS. The minimum Gasteiger partial charge on any atom is -0.326 e. The summed E-state index contributed by atoms with van der Waals surface area (Å²) in [7, 11) is 0. The summed E-state index contributed by atoms with van der Waals surface area (Å²) < 4.78 is 2.70. The van der Waals surface area contributed by atoms with Crippen LogP contribution in [0.5, 0.6) is 0 Å². The molecule has 56 valence electrons. The van der Waals surface area contributed by atoms with E-state index >= 15 is 0 Å². The summed E-state index contributed by atoms with van der Waals surface area (Å²) in [6, 6.07) is -0.0941. The van der Waals surface area contributed by atoms with Crippen molar-refractivity contribution in [3.05, 3.63) is 12.2 Å². The lowest BCUT2D eigenvalue weighted by Crippen LogP contribution is -2.47. The molecule has 1 unspecified atom stereocenters. The minimum absolute atomic E-state index is 0.00463. The third-order valence-electron chi connectivity index (χ3n) is 1.61. The van der Waals surface area contributed by atoms with Gasteiger partial charge in [0.2, 0.25) is 0 Å². The number of hydrogen-bond donors (Lipinski definition) is 4. The largest absolute Gasteiger partial charge is 0.326 e. The summed E-state index contributed by atoms with van der Waals surface area (Å²) >= 11 is 3.88. The van der Waals surface area contributed by atoms with Gasteiger partial charge in [0.15, 0.2) is 0 Å². The Bertz CT molecular complexity index is 166. The molecule has 0 radical (unpaired) electrons. The van der Waals surface area contributed by atoms with Gasteiger partial charge in [0.25, 0.3) is 0 Å². The van der Waals surface area contributed by atoms with E-state index in [2.05, 4.69) is 17.5 Å². The van der Waals surface area contributed by atoms with Gasteiger partial charge in [-0.15, -0.1) is 0 Å². The highest BCUT2D eigenvalue weighted by atomic mass is 32.1. The van der Waals surface area contributed by atoms with E-state index < -0.39 is 0 Å². The lowest BCUT2D eigenvalue weighted by molar-refractivity contribution is 0.596. The first-order valence-electron chi connectivity index (χ1n) is 3.16. The van der Waals surface area contributed by atoms with Gasteiger partial charge >= 0.3 is 0 Å². The maximum Gasteiger partial charge on any atom is 0.0737 e. The van der Waals surface area contributed by atoms with Crippen molar-refractivity contribution < 1.29 is 0 Å². The van der Waals surface area contributed by atoms with Gasteiger partial charge in [0.05, 0.1) is 11.8 Å². The number of hydrogen-bond acceptors (Lipinski definition) is 4. The molecule has 0 spiro atoms. The highest BCUT2D eigenvalue weighted by Crippen LogP contribution is 2.07. The lowest BCUT2D eigenvalue weighted by Gasteiger charge is -2.24. The van der Waals surface area contributed by atoms with Crippen LogP contribution in [0.1, 0.15) is 6.42 Å². The predicted molar refractivity (Wildman–Crippen MR) is 45.4 cm³/mol. The van der Waals surface area contributed by atoms with E-state index in [1.165, 1.54) is 0 Å². The first-order valence-corrected chi connectivity index (χ1v) is 3.60. The van der Waals surface area contributed by atoms with Crippen LogP contribution in [0.4, 0.5) is 0 Å². The quantitative estimate of drug-likeness (QED) is 0.408. The van der Waals surface area contributed by atoms with Crippen LogP contribution >= 0.6 is 12.8 Å². The maximum absolute atomic E-state index is 7.40. The second kappa shape index (κ2) is 3.18. The number of thiol groups is 1. The molecule has 4 N–H and O–H groups in total. The molecule has 0 saturated heterocycles. The van der Waals surface area contributed by atoms with E-state index in [0.29, 0.717) is 5.71 Å². The van der Waals surface area contributed by atoms with Crippen molar-refractivity contribution in [3.63, 3.8) is 0 Å². The fraction of sp³-hybridized carbons (Fsp3) is 0.500. The molecule has 1 rings (SSSR count). The molecule has 0 aromatic rings. The van der Waals surface area contributed by atoms with Crippen LogP contribution in [-0.2, 0) is 0 Å². The normalized spacial score (nSPS) is 32.8. The van der Waals surface area contributed by atoms with Crippen molar-refractivity contribution in [3.8, 4) is 0 Å². The number of rotatable bonds is 1. The summed E-state index contributed by atoms with van der Waals surface area (Å²) in [6.07, 6.45) is 4.49. The van der Waals surface area contributed by atoms with Gasteiger partial charge in [-0.25, -0.2) is 0 Å². The fourth-order valence-electron chi connectivity index (χ4n) is 0.988. The first kappa shape index (κ1) is 7.78. The molecule has 0 saturated carbocycles. The number of nitrogens with one attached hydrogen (secondary N) is 2. The molecule has 0 aromatic carbocycles. The Kier molecular flexibility index (Phi) is 2.48. The summed E-state index contributed by atoms with van der Waals surface area (Å²) in [4.78, 5) is 0. The monoisotopic (exact) mass is 157 g/mol. The molecule has 0 aromatic heterocycles. The van der Waals surface area contributed by atoms with E-state index in [1.54, 1.807) is 6.08 Å². The van der Waals surface area contributed by atoms with Crippen LogP contribution in [0, 0.1) is 5.41 Å². The van der Waals surface area contributed by atoms with Gasteiger partial charge in [-0.1, -0.05) is 18.9 Å². The molecule has 1 aliphatic carbocycles. The van der Waals surface area contributed by atoms with Gasteiger partial charge in [0.1, 0.15) is 0 Å². The first-order chi connectivity index (χ1) is 4.75. The Morgan fingerprint density at radius 2 is 2.50 bits per heavy atom. The molecule has 4 heteroatoms. The van der Waals surface area contributed by atoms with Crippen LogP contribution < -0.4 is 10.5 Å². The van der Waals surface area contributed by atoms with Crippen LogP contribution in [0.15, 0.2) is 12.2 Å². The molecule has 10 heavy (non-hydrogen) atoms.